The van der Waals surface area contributed by atoms with Gasteiger partial charge in [0.2, 0.25) is 0 Å². The van der Waals surface area contributed by atoms with Crippen molar-refractivity contribution in [2.45, 2.75) is 37.8 Å². The average molecular weight is 525 g/mol. The van der Waals surface area contributed by atoms with E-state index >= 15 is 0 Å². The predicted octanol–water partition coefficient (Wildman–Crippen LogP) is 3.93. The Labute approximate surface area is 217 Å². The molecule has 1 aliphatic heterocycles. The van der Waals surface area contributed by atoms with Crippen LogP contribution in [0, 0.1) is 0 Å². The number of rotatable bonds is 7. The maximum atomic E-state index is 13.8. The van der Waals surface area contributed by atoms with Gasteiger partial charge >= 0.3 is 5.97 Å². The number of allylic oxidation sites excluding steroid dienone is 1. The summed E-state index contributed by atoms with van der Waals surface area (Å²) < 4.78 is 18.4. The standard InChI is InChI=1S/C27H28N2O5S2/c1-15(2)34-26(31)23-16(3)28-27-29(24(23)17-8-11-20(35-6)12-9-17)25(30)22(36-27)13-18-7-10-19(32-4)14-21(18)33-5/h7-15,24H,1-6H3/b22-13-/t24-/m0/s1. The first-order valence-electron chi connectivity index (χ1n) is 11.4. The maximum Gasteiger partial charge on any atom is 0.338 e. The Kier molecular flexibility index (Phi) is 7.70. The normalized spacial score (nSPS) is 15.5. The number of hydrogen-bond donors (Lipinski definition) is 0. The number of methoxy groups -OCH3 is 2. The zero-order valence-corrected chi connectivity index (χ0v) is 22.7. The monoisotopic (exact) mass is 524 g/mol. The molecular weight excluding hydrogens is 496 g/mol. The molecule has 1 aromatic heterocycles. The van der Waals surface area contributed by atoms with Crippen molar-refractivity contribution in [3.8, 4) is 11.5 Å². The predicted molar refractivity (Wildman–Crippen MR) is 143 cm³/mol. The van der Waals surface area contributed by atoms with Gasteiger partial charge in [-0.2, -0.15) is 0 Å². The number of thioether (sulfide) groups is 1. The first-order chi connectivity index (χ1) is 17.3. The van der Waals surface area contributed by atoms with Gasteiger partial charge in [-0.25, -0.2) is 9.79 Å². The number of hydrogen-bond acceptors (Lipinski definition) is 8. The van der Waals surface area contributed by atoms with Gasteiger partial charge in [0.25, 0.3) is 5.56 Å². The molecule has 0 amide bonds. The van der Waals surface area contributed by atoms with Gasteiger partial charge in [-0.3, -0.25) is 9.36 Å². The summed E-state index contributed by atoms with van der Waals surface area (Å²) in [7, 11) is 3.16. The molecular formula is C27H28N2O5S2. The van der Waals surface area contributed by atoms with Crippen LogP contribution in [0.15, 0.2) is 68.4 Å². The molecule has 2 aromatic carbocycles. The fraction of sp³-hybridized carbons (Fsp3) is 0.296. The highest BCUT2D eigenvalue weighted by Gasteiger charge is 2.33. The van der Waals surface area contributed by atoms with E-state index in [9.17, 15) is 9.59 Å². The fourth-order valence-corrected chi connectivity index (χ4v) is 5.49. The Bertz CT molecular complexity index is 1500. The second-order valence-corrected chi connectivity index (χ2v) is 10.3. The second-order valence-electron chi connectivity index (χ2n) is 8.42. The number of ether oxygens (including phenoxy) is 3. The lowest BCUT2D eigenvalue weighted by molar-refractivity contribution is -0.143. The van der Waals surface area contributed by atoms with Crippen molar-refractivity contribution < 1.29 is 19.0 Å². The molecule has 0 saturated heterocycles. The van der Waals surface area contributed by atoms with Crippen LogP contribution in [0.1, 0.15) is 37.9 Å². The molecule has 0 bridgehead atoms. The summed E-state index contributed by atoms with van der Waals surface area (Å²) in [6.45, 7) is 5.38. The van der Waals surface area contributed by atoms with Crippen LogP contribution in [-0.4, -0.2) is 37.1 Å². The van der Waals surface area contributed by atoms with Crippen molar-refractivity contribution in [3.63, 3.8) is 0 Å². The summed E-state index contributed by atoms with van der Waals surface area (Å²) >= 11 is 2.90. The van der Waals surface area contributed by atoms with E-state index < -0.39 is 12.0 Å². The van der Waals surface area contributed by atoms with Gasteiger partial charge in [0.15, 0.2) is 4.80 Å². The number of benzene rings is 2. The first-order valence-corrected chi connectivity index (χ1v) is 13.4. The molecule has 0 unspecified atom stereocenters. The number of aromatic nitrogens is 1. The Morgan fingerprint density at radius 3 is 2.47 bits per heavy atom. The van der Waals surface area contributed by atoms with E-state index in [1.54, 1.807) is 63.5 Å². The molecule has 2 heterocycles. The third-order valence-corrected chi connectivity index (χ3v) is 7.47. The third kappa shape index (κ3) is 4.99. The van der Waals surface area contributed by atoms with Crippen molar-refractivity contribution in [1.29, 1.82) is 0 Å². The van der Waals surface area contributed by atoms with Gasteiger partial charge < -0.3 is 14.2 Å². The van der Waals surface area contributed by atoms with E-state index in [4.69, 9.17) is 14.2 Å². The topological polar surface area (TPSA) is 79.1 Å². The Hall–Kier alpha value is -3.30. The lowest BCUT2D eigenvalue weighted by atomic mass is 9.96. The van der Waals surface area contributed by atoms with Crippen molar-refractivity contribution in [2.75, 3.05) is 20.5 Å². The van der Waals surface area contributed by atoms with Crippen LogP contribution in [0.3, 0.4) is 0 Å². The molecule has 0 aliphatic carbocycles. The fourth-order valence-electron chi connectivity index (χ4n) is 4.04. The van der Waals surface area contributed by atoms with E-state index in [2.05, 4.69) is 4.99 Å². The van der Waals surface area contributed by atoms with Crippen molar-refractivity contribution >= 4 is 35.1 Å². The zero-order valence-electron chi connectivity index (χ0n) is 21.0. The molecule has 1 atom stereocenters. The summed E-state index contributed by atoms with van der Waals surface area (Å²) in [5, 5.41) is 0. The number of carbonyl (C=O) groups is 1. The third-order valence-electron chi connectivity index (χ3n) is 5.74. The number of esters is 1. The molecule has 188 valence electrons. The van der Waals surface area contributed by atoms with Crippen molar-refractivity contribution in [2.24, 2.45) is 4.99 Å². The highest BCUT2D eigenvalue weighted by atomic mass is 32.2. The van der Waals surface area contributed by atoms with Crippen molar-refractivity contribution in [1.82, 2.24) is 4.57 Å². The SMILES string of the molecule is COc1ccc(/C=c2\sc3n(c2=O)[C@@H](c2ccc(SC)cc2)C(C(=O)OC(C)C)=C(C)N=3)c(OC)c1. The molecule has 0 fully saturated rings. The Morgan fingerprint density at radius 2 is 1.86 bits per heavy atom. The molecule has 1 aliphatic rings. The van der Waals surface area contributed by atoms with Crippen molar-refractivity contribution in [3.05, 3.63) is 84.5 Å². The summed E-state index contributed by atoms with van der Waals surface area (Å²) in [6.07, 6.45) is 3.48. The second kappa shape index (κ2) is 10.8. The minimum Gasteiger partial charge on any atom is -0.497 e. The molecule has 4 rings (SSSR count). The van der Waals surface area contributed by atoms with Crippen LogP contribution in [0.25, 0.3) is 6.08 Å². The minimum absolute atomic E-state index is 0.238. The van der Waals surface area contributed by atoms with Gasteiger partial charge in [0.05, 0.1) is 42.2 Å². The number of nitrogens with zero attached hydrogens (tertiary/aromatic N) is 2. The average Bonchev–Trinajstić information content (AvgIpc) is 3.17. The number of carbonyl (C=O) groups excluding carboxylic acids is 1. The van der Waals surface area contributed by atoms with E-state index in [-0.39, 0.29) is 11.7 Å². The van der Waals surface area contributed by atoms with Crippen LogP contribution in [0.2, 0.25) is 0 Å². The van der Waals surface area contributed by atoms with E-state index in [1.807, 2.05) is 42.7 Å². The molecule has 36 heavy (non-hydrogen) atoms. The van der Waals surface area contributed by atoms with Crippen LogP contribution in [0.4, 0.5) is 0 Å². The molecule has 9 heteroatoms. The van der Waals surface area contributed by atoms with E-state index in [1.165, 1.54) is 11.3 Å². The molecule has 0 radical (unpaired) electrons. The zero-order chi connectivity index (χ0) is 26.0. The van der Waals surface area contributed by atoms with Gasteiger partial charge in [-0.05, 0) is 62.9 Å². The highest BCUT2D eigenvalue weighted by molar-refractivity contribution is 7.98. The summed E-state index contributed by atoms with van der Waals surface area (Å²) in [6, 6.07) is 12.6. The quantitative estimate of drug-likeness (QED) is 0.344. The lowest BCUT2D eigenvalue weighted by Gasteiger charge is -2.25. The van der Waals surface area contributed by atoms with Crippen LogP contribution < -0.4 is 24.4 Å². The summed E-state index contributed by atoms with van der Waals surface area (Å²) in [5.74, 6) is 0.765. The molecule has 0 saturated carbocycles. The largest absolute Gasteiger partial charge is 0.497 e. The maximum absolute atomic E-state index is 13.8. The van der Waals surface area contributed by atoms with Gasteiger partial charge in [0.1, 0.15) is 11.5 Å². The van der Waals surface area contributed by atoms with Crippen LogP contribution in [0.5, 0.6) is 11.5 Å². The smallest absolute Gasteiger partial charge is 0.338 e. The van der Waals surface area contributed by atoms with Crippen LogP contribution >= 0.6 is 23.1 Å². The summed E-state index contributed by atoms with van der Waals surface area (Å²) in [4.78, 5) is 33.2. The number of thiazole rings is 1. The van der Waals surface area contributed by atoms with Gasteiger partial charge in [-0.15, -0.1) is 11.8 Å². The molecule has 3 aromatic rings. The van der Waals surface area contributed by atoms with Gasteiger partial charge in [-0.1, -0.05) is 23.5 Å². The minimum atomic E-state index is -0.650. The number of fused-ring (bicyclic) bond motifs is 1. The lowest BCUT2D eigenvalue weighted by Crippen LogP contribution is -2.40. The Balaban J connectivity index is 1.93. The van der Waals surface area contributed by atoms with Crippen LogP contribution in [-0.2, 0) is 9.53 Å². The Morgan fingerprint density at radius 1 is 1.14 bits per heavy atom. The molecule has 0 spiro atoms. The molecule has 7 nitrogen and oxygen atoms in total. The van der Waals surface area contributed by atoms with E-state index in [0.717, 1.165) is 16.0 Å². The van der Waals surface area contributed by atoms with E-state index in [0.29, 0.717) is 32.1 Å². The first kappa shape index (κ1) is 25.8. The van der Waals surface area contributed by atoms with Gasteiger partial charge in [0, 0.05) is 16.5 Å². The highest BCUT2D eigenvalue weighted by Crippen LogP contribution is 2.32. The summed E-state index contributed by atoms with van der Waals surface area (Å²) in [5.41, 5.74) is 2.21. The molecule has 0 N–H and O–H groups in total.